The highest BCUT2D eigenvalue weighted by atomic mass is 31.2. The maximum atomic E-state index is 12.8. The van der Waals surface area contributed by atoms with E-state index in [4.69, 9.17) is 18.5 Å². The molecule has 0 bridgehead atoms. The Morgan fingerprint density at radius 2 is 0.902 bits per heavy atom. The predicted octanol–water partition coefficient (Wildman–Crippen LogP) is 9.17. The summed E-state index contributed by atoms with van der Waals surface area (Å²) in [4.78, 5) is 35.7. The second-order valence-corrected chi connectivity index (χ2v) is 17.7. The Morgan fingerprint density at radius 1 is 0.508 bits per heavy atom. The SMILES string of the molecule is CCCCC/C=C/C/C=C/CCCCCCCC(=O)O[C@@H](COC(=O)CCC/C=C/C/C=C/CCCCCCCCCCC)COP(=O)(O)OC1C(O)C(O)C(O)[C@H](O)C1O. The van der Waals surface area contributed by atoms with Crippen LogP contribution in [0.5, 0.6) is 0 Å². The molecule has 1 aliphatic rings. The Balaban J connectivity index is 2.49. The van der Waals surface area contributed by atoms with Crippen molar-refractivity contribution in [2.75, 3.05) is 13.2 Å². The van der Waals surface area contributed by atoms with Crippen LogP contribution in [0.4, 0.5) is 0 Å². The van der Waals surface area contributed by atoms with Gasteiger partial charge in [0.15, 0.2) is 6.10 Å². The monoisotopic (exact) mass is 887 g/mol. The molecule has 0 heterocycles. The van der Waals surface area contributed by atoms with Crippen molar-refractivity contribution in [1.29, 1.82) is 0 Å². The van der Waals surface area contributed by atoms with Crippen LogP contribution < -0.4 is 0 Å². The molecule has 1 rings (SSSR count). The Labute approximate surface area is 367 Å². The third kappa shape index (κ3) is 29.7. The number of rotatable bonds is 38. The average Bonchev–Trinajstić information content (AvgIpc) is 3.24. The molecule has 13 nitrogen and oxygen atoms in total. The lowest BCUT2D eigenvalue weighted by Crippen LogP contribution is -2.64. The maximum Gasteiger partial charge on any atom is 0.472 e. The predicted molar refractivity (Wildman–Crippen MR) is 239 cm³/mol. The summed E-state index contributed by atoms with van der Waals surface area (Å²) in [6.45, 7) is 3.22. The first-order chi connectivity index (χ1) is 29.4. The summed E-state index contributed by atoms with van der Waals surface area (Å²) in [6.07, 6.45) is 30.3. The first-order valence-corrected chi connectivity index (χ1v) is 24.9. The summed E-state index contributed by atoms with van der Waals surface area (Å²) in [5.74, 6) is -1.17. The van der Waals surface area contributed by atoms with E-state index in [9.17, 15) is 44.6 Å². The third-order valence-electron chi connectivity index (χ3n) is 10.6. The van der Waals surface area contributed by atoms with Crippen LogP contribution in [0, 0.1) is 0 Å². The normalized spacial score (nSPS) is 22.4. The Kier molecular flexibility index (Phi) is 34.7. The largest absolute Gasteiger partial charge is 0.472 e. The maximum absolute atomic E-state index is 12.8. The average molecular weight is 887 g/mol. The minimum absolute atomic E-state index is 0.0710. The van der Waals surface area contributed by atoms with E-state index in [1.54, 1.807) is 0 Å². The number of esters is 2. The van der Waals surface area contributed by atoms with Crippen LogP contribution in [0.3, 0.4) is 0 Å². The van der Waals surface area contributed by atoms with Crippen LogP contribution in [0.2, 0.25) is 0 Å². The van der Waals surface area contributed by atoms with Gasteiger partial charge in [0.2, 0.25) is 0 Å². The Bertz CT molecular complexity index is 1250. The molecule has 0 aromatic heterocycles. The highest BCUT2D eigenvalue weighted by Gasteiger charge is 2.51. The van der Waals surface area contributed by atoms with E-state index in [0.717, 1.165) is 57.8 Å². The van der Waals surface area contributed by atoms with E-state index in [2.05, 4.69) is 56.4 Å². The van der Waals surface area contributed by atoms with Crippen molar-refractivity contribution in [3.63, 3.8) is 0 Å². The van der Waals surface area contributed by atoms with Gasteiger partial charge in [0.05, 0.1) is 6.61 Å². The molecule has 0 spiro atoms. The number of allylic oxidation sites excluding steroid dienone is 8. The minimum atomic E-state index is -5.13. The minimum Gasteiger partial charge on any atom is -0.462 e. The third-order valence-corrected chi connectivity index (χ3v) is 11.6. The van der Waals surface area contributed by atoms with Crippen molar-refractivity contribution in [2.45, 2.75) is 224 Å². The molecular weight excluding hydrogens is 803 g/mol. The van der Waals surface area contributed by atoms with Crippen molar-refractivity contribution < 1.29 is 63.1 Å². The molecule has 0 aromatic carbocycles. The van der Waals surface area contributed by atoms with Gasteiger partial charge >= 0.3 is 19.8 Å². The van der Waals surface area contributed by atoms with Gasteiger partial charge < -0.3 is 39.9 Å². The fourth-order valence-corrected chi connectivity index (χ4v) is 7.80. The summed E-state index contributed by atoms with van der Waals surface area (Å²) >= 11 is 0. The number of carbonyl (C=O) groups excluding carboxylic acids is 2. The molecule has 0 aliphatic heterocycles. The molecule has 354 valence electrons. The quantitative estimate of drug-likeness (QED) is 0.0148. The molecule has 6 N–H and O–H groups in total. The number of carbonyl (C=O) groups is 2. The number of phosphoric ester groups is 1. The lowest BCUT2D eigenvalue weighted by Gasteiger charge is -2.41. The standard InChI is InChI=1S/C47H83O13P/c1-3-5-7-9-11-13-15-17-19-20-22-23-25-27-29-31-33-35-40(48)57-37-39(38-58-61(55,56)60-47-45(53)43(51)42(50)44(52)46(47)54)59-41(49)36-34-32-30-28-26-24-21-18-16-14-12-10-8-6-4-2/h12,14,18,21-23,27,29,39,42-47,50-54H,3-11,13,15-17,19-20,24-26,28,30-38H2,1-2H3,(H,55,56)/b14-12+,21-18+,23-22+,29-27+/t39-,42?,43-,44?,45?,46?,47?/m0/s1. The smallest absolute Gasteiger partial charge is 0.462 e. The molecule has 0 amide bonds. The highest BCUT2D eigenvalue weighted by Crippen LogP contribution is 2.47. The van der Waals surface area contributed by atoms with Gasteiger partial charge in [-0.15, -0.1) is 0 Å². The van der Waals surface area contributed by atoms with Gasteiger partial charge in [-0.25, -0.2) is 4.57 Å². The van der Waals surface area contributed by atoms with E-state index >= 15 is 0 Å². The number of hydrogen-bond donors (Lipinski definition) is 6. The summed E-state index contributed by atoms with van der Waals surface area (Å²) in [5, 5.41) is 50.1. The molecule has 1 fully saturated rings. The molecule has 1 saturated carbocycles. The van der Waals surface area contributed by atoms with Crippen LogP contribution >= 0.6 is 7.82 Å². The fraction of sp³-hybridized carbons (Fsp3) is 0.787. The number of phosphoric acid groups is 1. The number of unbranched alkanes of at least 4 members (excludes halogenated alkanes) is 18. The topological polar surface area (TPSA) is 210 Å². The number of aliphatic hydroxyl groups excluding tert-OH is 5. The lowest BCUT2D eigenvalue weighted by molar-refractivity contribution is -0.220. The summed E-state index contributed by atoms with van der Waals surface area (Å²) in [5.41, 5.74) is 0. The van der Waals surface area contributed by atoms with Crippen LogP contribution in [-0.4, -0.2) is 98.3 Å². The van der Waals surface area contributed by atoms with Gasteiger partial charge in [0, 0.05) is 12.8 Å². The molecule has 0 aromatic rings. The molecule has 0 radical (unpaired) electrons. The zero-order valence-corrected chi connectivity index (χ0v) is 38.3. The van der Waals surface area contributed by atoms with Crippen LogP contribution in [0.1, 0.15) is 181 Å². The molecular formula is C47H83O13P. The van der Waals surface area contributed by atoms with Gasteiger partial charge in [-0.1, -0.05) is 146 Å². The van der Waals surface area contributed by atoms with Gasteiger partial charge in [0.1, 0.15) is 43.2 Å². The zero-order valence-electron chi connectivity index (χ0n) is 37.4. The van der Waals surface area contributed by atoms with E-state index in [0.29, 0.717) is 19.3 Å². The zero-order chi connectivity index (χ0) is 45.0. The summed E-state index contributed by atoms with van der Waals surface area (Å²) in [6, 6.07) is 0. The molecule has 6 unspecified atom stereocenters. The lowest BCUT2D eigenvalue weighted by atomic mass is 9.85. The van der Waals surface area contributed by atoms with Crippen molar-refractivity contribution >= 4 is 19.8 Å². The van der Waals surface area contributed by atoms with E-state index in [1.807, 2.05) is 6.08 Å². The Hall–Kier alpha value is -2.19. The Morgan fingerprint density at radius 3 is 1.41 bits per heavy atom. The van der Waals surface area contributed by atoms with E-state index < -0.39 is 75.7 Å². The van der Waals surface area contributed by atoms with Crippen LogP contribution in [-0.2, 0) is 32.7 Å². The van der Waals surface area contributed by atoms with Gasteiger partial charge in [0.25, 0.3) is 0 Å². The van der Waals surface area contributed by atoms with Gasteiger partial charge in [-0.2, -0.15) is 0 Å². The van der Waals surface area contributed by atoms with E-state index in [1.165, 1.54) is 77.0 Å². The molecule has 61 heavy (non-hydrogen) atoms. The number of ether oxygens (including phenoxy) is 2. The second kappa shape index (κ2) is 37.2. The van der Waals surface area contributed by atoms with Crippen LogP contribution in [0.15, 0.2) is 48.6 Å². The molecule has 0 saturated heterocycles. The van der Waals surface area contributed by atoms with E-state index in [-0.39, 0.29) is 12.8 Å². The van der Waals surface area contributed by atoms with Crippen LogP contribution in [0.25, 0.3) is 0 Å². The first-order valence-electron chi connectivity index (χ1n) is 23.4. The van der Waals surface area contributed by atoms with Crippen molar-refractivity contribution in [3.05, 3.63) is 48.6 Å². The first kappa shape index (κ1) is 56.8. The number of hydrogen-bond acceptors (Lipinski definition) is 12. The van der Waals surface area contributed by atoms with Gasteiger partial charge in [-0.05, 0) is 70.6 Å². The van der Waals surface area contributed by atoms with Crippen molar-refractivity contribution in [2.24, 2.45) is 0 Å². The number of aliphatic hydroxyl groups is 5. The molecule has 1 aliphatic carbocycles. The molecule has 14 heteroatoms. The fourth-order valence-electron chi connectivity index (χ4n) is 6.83. The van der Waals surface area contributed by atoms with Crippen molar-refractivity contribution in [1.82, 2.24) is 0 Å². The second-order valence-electron chi connectivity index (χ2n) is 16.3. The summed E-state index contributed by atoms with van der Waals surface area (Å²) < 4.78 is 33.5. The molecule has 8 atom stereocenters. The summed E-state index contributed by atoms with van der Waals surface area (Å²) in [7, 11) is -5.13. The van der Waals surface area contributed by atoms with Gasteiger partial charge in [-0.3, -0.25) is 18.6 Å². The highest BCUT2D eigenvalue weighted by molar-refractivity contribution is 7.47. The van der Waals surface area contributed by atoms with Crippen molar-refractivity contribution in [3.8, 4) is 0 Å².